The summed E-state index contributed by atoms with van der Waals surface area (Å²) in [6, 6.07) is 20.0. The molecule has 0 aliphatic carbocycles. The van der Waals surface area contributed by atoms with Gasteiger partial charge in [-0.1, -0.05) is 48.0 Å². The average Bonchev–Trinajstić information content (AvgIpc) is 2.72. The van der Waals surface area contributed by atoms with Crippen LogP contribution in [0.2, 0.25) is 5.02 Å². The van der Waals surface area contributed by atoms with Crippen LogP contribution in [0.15, 0.2) is 79.1 Å². The van der Waals surface area contributed by atoms with Gasteiger partial charge in [0.05, 0.1) is 12.5 Å². The van der Waals surface area contributed by atoms with Crippen LogP contribution in [-0.2, 0) is 16.0 Å². The molecule has 1 heterocycles. The van der Waals surface area contributed by atoms with Gasteiger partial charge in [-0.3, -0.25) is 14.6 Å². The van der Waals surface area contributed by atoms with Crippen molar-refractivity contribution in [3.05, 3.63) is 95.3 Å². The summed E-state index contributed by atoms with van der Waals surface area (Å²) in [6.45, 7) is -0.106. The summed E-state index contributed by atoms with van der Waals surface area (Å²) >= 11 is 5.97. The number of pyridine rings is 1. The number of nitrogens with one attached hydrogen (secondary N) is 2. The van der Waals surface area contributed by atoms with Gasteiger partial charge in [-0.25, -0.2) is 0 Å². The molecule has 1 unspecified atom stereocenters. The van der Waals surface area contributed by atoms with Crippen LogP contribution in [0, 0.1) is 0 Å². The van der Waals surface area contributed by atoms with E-state index in [0.717, 1.165) is 11.1 Å². The van der Waals surface area contributed by atoms with Crippen molar-refractivity contribution >= 4 is 29.1 Å². The predicted octanol–water partition coefficient (Wildman–Crippen LogP) is 3.82. The molecule has 0 spiro atoms. The fraction of sp³-hybridized carbons (Fsp3) is 0.136. The first-order chi connectivity index (χ1) is 13.6. The Morgan fingerprint density at radius 3 is 2.39 bits per heavy atom. The minimum Gasteiger partial charge on any atom is -0.346 e. The number of aromatic nitrogens is 1. The molecule has 0 saturated carbocycles. The number of carbonyl (C=O) groups excluding carboxylic acids is 2. The Bertz CT molecular complexity index is 916. The number of hydrogen-bond donors (Lipinski definition) is 2. The van der Waals surface area contributed by atoms with E-state index >= 15 is 0 Å². The molecule has 0 fully saturated rings. The quantitative estimate of drug-likeness (QED) is 0.641. The van der Waals surface area contributed by atoms with E-state index in [9.17, 15) is 9.59 Å². The number of para-hydroxylation sites is 1. The summed E-state index contributed by atoms with van der Waals surface area (Å²) in [4.78, 5) is 29.1. The standard InChI is InChI=1S/C22H20ClN3O2/c23-18-10-8-17(9-11-18)20(13-16-5-4-12-24-14-16)22(28)25-15-21(27)26-19-6-2-1-3-7-19/h1-12,14,20H,13,15H2,(H,25,28)(H,26,27). The molecule has 0 bridgehead atoms. The monoisotopic (exact) mass is 393 g/mol. The summed E-state index contributed by atoms with van der Waals surface area (Å²) < 4.78 is 0. The van der Waals surface area contributed by atoms with E-state index in [4.69, 9.17) is 11.6 Å². The summed E-state index contributed by atoms with van der Waals surface area (Å²) in [7, 11) is 0. The second-order valence-electron chi connectivity index (χ2n) is 6.30. The zero-order chi connectivity index (χ0) is 19.8. The molecule has 0 saturated heterocycles. The highest BCUT2D eigenvalue weighted by molar-refractivity contribution is 6.30. The van der Waals surface area contributed by atoms with Crippen molar-refractivity contribution in [2.75, 3.05) is 11.9 Å². The largest absolute Gasteiger partial charge is 0.346 e. The highest BCUT2D eigenvalue weighted by atomic mass is 35.5. The number of hydrogen-bond acceptors (Lipinski definition) is 3. The van der Waals surface area contributed by atoms with E-state index in [1.54, 1.807) is 36.7 Å². The number of halogens is 1. The molecular weight excluding hydrogens is 374 g/mol. The molecule has 6 heteroatoms. The van der Waals surface area contributed by atoms with Crippen molar-refractivity contribution in [2.45, 2.75) is 12.3 Å². The van der Waals surface area contributed by atoms with Crippen LogP contribution in [0.3, 0.4) is 0 Å². The zero-order valence-electron chi connectivity index (χ0n) is 15.1. The van der Waals surface area contributed by atoms with Gasteiger partial charge in [0.15, 0.2) is 0 Å². The smallest absolute Gasteiger partial charge is 0.243 e. The Morgan fingerprint density at radius 1 is 0.964 bits per heavy atom. The molecule has 1 atom stereocenters. The molecule has 0 aliphatic rings. The van der Waals surface area contributed by atoms with Crippen LogP contribution in [-0.4, -0.2) is 23.3 Å². The molecule has 142 valence electrons. The number of benzene rings is 2. The Balaban J connectivity index is 1.67. The molecule has 2 amide bonds. The van der Waals surface area contributed by atoms with Gasteiger partial charge >= 0.3 is 0 Å². The topological polar surface area (TPSA) is 71.1 Å². The molecule has 2 aromatic carbocycles. The molecule has 5 nitrogen and oxygen atoms in total. The van der Waals surface area contributed by atoms with Gasteiger partial charge in [0.25, 0.3) is 0 Å². The van der Waals surface area contributed by atoms with E-state index in [1.807, 2.05) is 42.5 Å². The molecule has 0 radical (unpaired) electrons. The van der Waals surface area contributed by atoms with Gasteiger partial charge in [0.2, 0.25) is 11.8 Å². The van der Waals surface area contributed by atoms with Crippen molar-refractivity contribution in [3.63, 3.8) is 0 Å². The Hall–Kier alpha value is -3.18. The highest BCUT2D eigenvalue weighted by Gasteiger charge is 2.22. The minimum absolute atomic E-state index is 0.106. The third kappa shape index (κ3) is 5.66. The van der Waals surface area contributed by atoms with Crippen molar-refractivity contribution in [3.8, 4) is 0 Å². The minimum atomic E-state index is -0.453. The zero-order valence-corrected chi connectivity index (χ0v) is 15.9. The normalized spacial score (nSPS) is 11.5. The second-order valence-corrected chi connectivity index (χ2v) is 6.74. The molecule has 1 aromatic heterocycles. The van der Waals surface area contributed by atoms with Gasteiger partial charge in [0, 0.05) is 23.1 Å². The maximum atomic E-state index is 12.8. The van der Waals surface area contributed by atoms with E-state index in [-0.39, 0.29) is 18.4 Å². The van der Waals surface area contributed by atoms with Crippen molar-refractivity contribution in [1.29, 1.82) is 0 Å². The lowest BCUT2D eigenvalue weighted by molar-refractivity contribution is -0.125. The number of nitrogens with zero attached hydrogens (tertiary/aromatic N) is 1. The van der Waals surface area contributed by atoms with E-state index < -0.39 is 5.92 Å². The first kappa shape index (κ1) is 19.6. The summed E-state index contributed by atoms with van der Waals surface area (Å²) in [5, 5.41) is 6.09. The van der Waals surface area contributed by atoms with Gasteiger partial charge in [-0.2, -0.15) is 0 Å². The van der Waals surface area contributed by atoms with E-state index in [1.165, 1.54) is 0 Å². The Kier molecular flexibility index (Phi) is 6.76. The van der Waals surface area contributed by atoms with Gasteiger partial charge in [-0.05, 0) is 47.9 Å². The van der Waals surface area contributed by atoms with Crippen LogP contribution >= 0.6 is 11.6 Å². The van der Waals surface area contributed by atoms with Gasteiger partial charge in [0.1, 0.15) is 0 Å². The summed E-state index contributed by atoms with van der Waals surface area (Å²) in [5.41, 5.74) is 2.45. The number of amides is 2. The molecule has 28 heavy (non-hydrogen) atoms. The predicted molar refractivity (Wildman–Crippen MR) is 110 cm³/mol. The van der Waals surface area contributed by atoms with E-state index in [0.29, 0.717) is 17.1 Å². The van der Waals surface area contributed by atoms with Crippen LogP contribution in [0.1, 0.15) is 17.0 Å². The average molecular weight is 394 g/mol. The molecule has 2 N–H and O–H groups in total. The van der Waals surface area contributed by atoms with Crippen LogP contribution in [0.5, 0.6) is 0 Å². The fourth-order valence-electron chi connectivity index (χ4n) is 2.83. The summed E-state index contributed by atoms with van der Waals surface area (Å²) in [6.07, 6.45) is 3.90. The maximum Gasteiger partial charge on any atom is 0.243 e. The van der Waals surface area contributed by atoms with Gasteiger partial charge in [-0.15, -0.1) is 0 Å². The van der Waals surface area contributed by atoms with Crippen molar-refractivity contribution < 1.29 is 9.59 Å². The van der Waals surface area contributed by atoms with Gasteiger partial charge < -0.3 is 10.6 Å². The Labute approximate surface area is 168 Å². The lowest BCUT2D eigenvalue weighted by atomic mass is 9.91. The maximum absolute atomic E-state index is 12.8. The second kappa shape index (κ2) is 9.67. The highest BCUT2D eigenvalue weighted by Crippen LogP contribution is 2.23. The SMILES string of the molecule is O=C(CNC(=O)C(Cc1cccnc1)c1ccc(Cl)cc1)Nc1ccccc1. The first-order valence-corrected chi connectivity index (χ1v) is 9.26. The first-order valence-electron chi connectivity index (χ1n) is 8.89. The summed E-state index contributed by atoms with van der Waals surface area (Å²) in [5.74, 6) is -0.962. The van der Waals surface area contributed by atoms with Crippen molar-refractivity contribution in [2.24, 2.45) is 0 Å². The lowest BCUT2D eigenvalue weighted by Crippen LogP contribution is -2.36. The Morgan fingerprint density at radius 2 is 1.71 bits per heavy atom. The number of carbonyl (C=O) groups is 2. The van der Waals surface area contributed by atoms with E-state index in [2.05, 4.69) is 15.6 Å². The van der Waals surface area contributed by atoms with Crippen molar-refractivity contribution in [1.82, 2.24) is 10.3 Å². The third-order valence-corrected chi connectivity index (χ3v) is 4.48. The number of rotatable bonds is 7. The molecule has 3 aromatic rings. The third-order valence-electron chi connectivity index (χ3n) is 4.23. The molecular formula is C22H20ClN3O2. The van der Waals surface area contributed by atoms with Crippen LogP contribution in [0.25, 0.3) is 0 Å². The van der Waals surface area contributed by atoms with Crippen LogP contribution in [0.4, 0.5) is 5.69 Å². The lowest BCUT2D eigenvalue weighted by Gasteiger charge is -2.17. The molecule has 0 aliphatic heterocycles. The fourth-order valence-corrected chi connectivity index (χ4v) is 2.95. The number of anilines is 1. The van der Waals surface area contributed by atoms with Crippen LogP contribution < -0.4 is 10.6 Å². The molecule has 3 rings (SSSR count).